The number of methoxy groups -OCH3 is 1. The lowest BCUT2D eigenvalue weighted by molar-refractivity contribution is -0.134. The van der Waals surface area contributed by atoms with Crippen LogP contribution < -0.4 is 10.1 Å². The monoisotopic (exact) mass is 384 g/mol. The first-order valence-electron chi connectivity index (χ1n) is 9.97. The molecular weight excluding hydrogens is 356 g/mol. The van der Waals surface area contributed by atoms with Crippen LogP contribution in [0.1, 0.15) is 30.5 Å². The van der Waals surface area contributed by atoms with E-state index in [2.05, 4.69) is 20.2 Å². The summed E-state index contributed by atoms with van der Waals surface area (Å²) in [6, 6.07) is 8.06. The van der Waals surface area contributed by atoms with Crippen molar-refractivity contribution in [2.45, 2.75) is 44.5 Å². The minimum atomic E-state index is 0.0157. The molecule has 1 saturated carbocycles. The van der Waals surface area contributed by atoms with E-state index in [1.54, 1.807) is 13.4 Å². The molecule has 1 aliphatic heterocycles. The zero-order valence-electron chi connectivity index (χ0n) is 16.3. The Hall–Kier alpha value is -2.38. The highest BCUT2D eigenvalue weighted by molar-refractivity contribution is 5.78. The number of imidazole rings is 1. The number of fused-ring (bicyclic) bond motifs is 1. The van der Waals surface area contributed by atoms with Crippen LogP contribution in [0.25, 0.3) is 0 Å². The Morgan fingerprint density at radius 3 is 3.11 bits per heavy atom. The number of H-pyrrole nitrogens is 1. The fourth-order valence-corrected chi connectivity index (χ4v) is 4.38. The molecule has 1 aromatic carbocycles. The van der Waals surface area contributed by atoms with Crippen molar-refractivity contribution in [1.82, 2.24) is 20.2 Å². The van der Waals surface area contributed by atoms with Crippen molar-refractivity contribution < 1.29 is 14.3 Å². The topological polar surface area (TPSA) is 79.5 Å². The van der Waals surface area contributed by atoms with Crippen molar-refractivity contribution in [2.75, 3.05) is 20.3 Å². The number of aromatic nitrogens is 2. The molecule has 2 aliphatic rings. The normalized spacial score (nSPS) is 25.1. The summed E-state index contributed by atoms with van der Waals surface area (Å²) in [5, 5.41) is 3.10. The lowest BCUT2D eigenvalue weighted by Gasteiger charge is -2.45. The zero-order valence-corrected chi connectivity index (χ0v) is 16.3. The number of nitrogens with zero attached hydrogens (tertiary/aromatic N) is 2. The molecule has 2 heterocycles. The first-order valence-corrected chi connectivity index (χ1v) is 9.97. The molecule has 1 saturated heterocycles. The van der Waals surface area contributed by atoms with Crippen LogP contribution >= 0.6 is 0 Å². The highest BCUT2D eigenvalue weighted by atomic mass is 16.5. The van der Waals surface area contributed by atoms with Gasteiger partial charge in [0.15, 0.2) is 0 Å². The molecule has 0 radical (unpaired) electrons. The first-order chi connectivity index (χ1) is 13.7. The molecule has 0 spiro atoms. The molecule has 0 bridgehead atoms. The number of benzene rings is 1. The van der Waals surface area contributed by atoms with E-state index in [1.807, 2.05) is 30.5 Å². The summed E-state index contributed by atoms with van der Waals surface area (Å²) in [4.78, 5) is 22.6. The van der Waals surface area contributed by atoms with Crippen LogP contribution in [0.4, 0.5) is 0 Å². The van der Waals surface area contributed by atoms with Crippen molar-refractivity contribution in [1.29, 1.82) is 0 Å². The predicted molar refractivity (Wildman–Crippen MR) is 105 cm³/mol. The lowest BCUT2D eigenvalue weighted by atomic mass is 9.81. The van der Waals surface area contributed by atoms with E-state index in [9.17, 15) is 4.79 Å². The summed E-state index contributed by atoms with van der Waals surface area (Å²) in [6.45, 7) is 2.94. The van der Waals surface area contributed by atoms with Gasteiger partial charge < -0.3 is 19.8 Å². The minimum absolute atomic E-state index is 0.0157. The molecule has 7 heteroatoms. The Balaban J connectivity index is 1.37. The second kappa shape index (κ2) is 8.75. The second-order valence-electron chi connectivity index (χ2n) is 7.56. The molecular formula is C21H28N4O3. The van der Waals surface area contributed by atoms with Gasteiger partial charge in [0.1, 0.15) is 5.75 Å². The SMILES string of the molecule is COc1ccccc1CNC(=O)[C@H]1CC[C@H]2OCCN(Cc3cnc[nH]3)[C@@H]2C1. The maximum absolute atomic E-state index is 12.8. The van der Waals surface area contributed by atoms with Crippen LogP contribution in [0.2, 0.25) is 0 Å². The Bertz CT molecular complexity index is 780. The third-order valence-corrected chi connectivity index (χ3v) is 5.88. The lowest BCUT2D eigenvalue weighted by Crippen LogP contribution is -2.54. The second-order valence-corrected chi connectivity index (χ2v) is 7.56. The Labute approximate surface area is 165 Å². The minimum Gasteiger partial charge on any atom is -0.496 e. The molecule has 150 valence electrons. The van der Waals surface area contributed by atoms with E-state index < -0.39 is 0 Å². The average molecular weight is 384 g/mol. The third kappa shape index (κ3) is 4.20. The summed E-state index contributed by atoms with van der Waals surface area (Å²) in [5.41, 5.74) is 2.09. The van der Waals surface area contributed by atoms with Crippen molar-refractivity contribution in [2.24, 2.45) is 5.92 Å². The molecule has 4 rings (SSSR count). The smallest absolute Gasteiger partial charge is 0.223 e. The number of nitrogens with one attached hydrogen (secondary N) is 2. The maximum atomic E-state index is 12.8. The van der Waals surface area contributed by atoms with Gasteiger partial charge >= 0.3 is 0 Å². The first kappa shape index (κ1) is 19.0. The van der Waals surface area contributed by atoms with E-state index in [4.69, 9.17) is 9.47 Å². The molecule has 7 nitrogen and oxygen atoms in total. The molecule has 2 fully saturated rings. The van der Waals surface area contributed by atoms with Gasteiger partial charge in [-0.25, -0.2) is 4.98 Å². The number of carbonyl (C=O) groups excluding carboxylic acids is 1. The molecule has 28 heavy (non-hydrogen) atoms. The van der Waals surface area contributed by atoms with Crippen LogP contribution in [-0.2, 0) is 22.6 Å². The number of carbonyl (C=O) groups is 1. The standard InChI is InChI=1S/C21H28N4O3/c1-27-19-5-3-2-4-16(19)11-23-21(26)15-6-7-20-18(10-15)25(8-9-28-20)13-17-12-22-14-24-17/h2-5,12,14-15,18,20H,6-11,13H2,1H3,(H,22,24)(H,23,26)/t15-,18+,20+/m0/s1. The third-order valence-electron chi connectivity index (χ3n) is 5.88. The van der Waals surface area contributed by atoms with Gasteiger partial charge in [-0.15, -0.1) is 0 Å². The Morgan fingerprint density at radius 2 is 2.29 bits per heavy atom. The van der Waals surface area contributed by atoms with Crippen molar-refractivity contribution in [3.8, 4) is 5.75 Å². The number of hydrogen-bond acceptors (Lipinski definition) is 5. The van der Waals surface area contributed by atoms with Gasteiger partial charge in [0.25, 0.3) is 0 Å². The van der Waals surface area contributed by atoms with E-state index >= 15 is 0 Å². The highest BCUT2D eigenvalue weighted by Gasteiger charge is 2.39. The van der Waals surface area contributed by atoms with E-state index in [1.165, 1.54) is 0 Å². The molecule has 3 atom stereocenters. The number of ether oxygens (including phenoxy) is 2. The van der Waals surface area contributed by atoms with E-state index in [-0.39, 0.29) is 24.0 Å². The quantitative estimate of drug-likeness (QED) is 0.797. The summed E-state index contributed by atoms with van der Waals surface area (Å²) in [5.74, 6) is 0.941. The fraction of sp³-hybridized carbons (Fsp3) is 0.524. The summed E-state index contributed by atoms with van der Waals surface area (Å²) < 4.78 is 11.4. The molecule has 2 aromatic rings. The zero-order chi connectivity index (χ0) is 19.3. The van der Waals surface area contributed by atoms with Crippen LogP contribution in [0, 0.1) is 5.92 Å². The van der Waals surface area contributed by atoms with Crippen molar-refractivity contribution in [3.63, 3.8) is 0 Å². The summed E-state index contributed by atoms with van der Waals surface area (Å²) >= 11 is 0. The molecule has 0 unspecified atom stereocenters. The van der Waals surface area contributed by atoms with Gasteiger partial charge in [-0.2, -0.15) is 0 Å². The van der Waals surface area contributed by atoms with Crippen molar-refractivity contribution >= 4 is 5.91 Å². The molecule has 1 aromatic heterocycles. The predicted octanol–water partition coefficient (Wildman–Crippen LogP) is 2.10. The Morgan fingerprint density at radius 1 is 1.39 bits per heavy atom. The van der Waals surface area contributed by atoms with Gasteiger partial charge in [-0.1, -0.05) is 18.2 Å². The summed E-state index contributed by atoms with van der Waals surface area (Å²) in [6.07, 6.45) is 6.42. The van der Waals surface area contributed by atoms with Crippen molar-refractivity contribution in [3.05, 3.63) is 48.0 Å². The van der Waals surface area contributed by atoms with Crippen LogP contribution in [0.15, 0.2) is 36.8 Å². The van der Waals surface area contributed by atoms with E-state index in [0.29, 0.717) is 6.54 Å². The van der Waals surface area contributed by atoms with Crippen LogP contribution in [0.3, 0.4) is 0 Å². The number of hydrogen-bond donors (Lipinski definition) is 2. The number of amides is 1. The maximum Gasteiger partial charge on any atom is 0.223 e. The van der Waals surface area contributed by atoms with Gasteiger partial charge in [-0.3, -0.25) is 9.69 Å². The highest BCUT2D eigenvalue weighted by Crippen LogP contribution is 2.33. The van der Waals surface area contributed by atoms with Gasteiger partial charge in [0, 0.05) is 49.0 Å². The van der Waals surface area contributed by atoms with Crippen LogP contribution in [0.5, 0.6) is 5.75 Å². The number of para-hydroxylation sites is 1. The van der Waals surface area contributed by atoms with E-state index in [0.717, 1.165) is 56.0 Å². The molecule has 2 N–H and O–H groups in total. The fourth-order valence-electron chi connectivity index (χ4n) is 4.38. The van der Waals surface area contributed by atoms with Gasteiger partial charge in [0.2, 0.25) is 5.91 Å². The number of aromatic amines is 1. The summed E-state index contributed by atoms with van der Waals surface area (Å²) in [7, 11) is 1.65. The largest absolute Gasteiger partial charge is 0.496 e. The Kier molecular flexibility index (Phi) is 5.92. The number of rotatable bonds is 6. The van der Waals surface area contributed by atoms with Crippen LogP contribution in [-0.4, -0.2) is 53.2 Å². The number of morpholine rings is 1. The van der Waals surface area contributed by atoms with Gasteiger partial charge in [-0.05, 0) is 25.3 Å². The van der Waals surface area contributed by atoms with Gasteiger partial charge in [0.05, 0.1) is 26.1 Å². The molecule has 1 amide bonds. The average Bonchev–Trinajstić information content (AvgIpc) is 3.25. The molecule has 1 aliphatic carbocycles.